The zero-order valence-corrected chi connectivity index (χ0v) is 9.69. The second-order valence-corrected chi connectivity index (χ2v) is 3.35. The van der Waals surface area contributed by atoms with Gasteiger partial charge in [0.15, 0.2) is 0 Å². The molecule has 0 aliphatic carbocycles. The minimum absolute atomic E-state index is 0.0560. The molecule has 0 aliphatic heterocycles. The number of nitrogens with zero attached hydrogens (tertiary/aromatic N) is 1. The van der Waals surface area contributed by atoms with Crippen LogP contribution in [0.4, 0.5) is 0 Å². The van der Waals surface area contributed by atoms with Crippen LogP contribution < -0.4 is 10.1 Å². The van der Waals surface area contributed by atoms with Crippen molar-refractivity contribution < 1.29 is 14.3 Å². The van der Waals surface area contributed by atoms with Crippen molar-refractivity contribution in [3.63, 3.8) is 0 Å². The number of carbonyl (C=O) groups excluding carboxylic acids is 1. The highest BCUT2D eigenvalue weighted by Crippen LogP contribution is 2.13. The maximum Gasteiger partial charge on any atom is 0.246 e. The van der Waals surface area contributed by atoms with Gasteiger partial charge in [0.1, 0.15) is 12.4 Å². The summed E-state index contributed by atoms with van der Waals surface area (Å²) in [6.45, 7) is 1.92. The van der Waals surface area contributed by atoms with Gasteiger partial charge in [-0.1, -0.05) is 0 Å². The molecule has 1 aromatic heterocycles. The number of aromatic nitrogens is 1. The Hall–Kier alpha value is -1.62. The van der Waals surface area contributed by atoms with Crippen LogP contribution in [0.2, 0.25) is 0 Å². The summed E-state index contributed by atoms with van der Waals surface area (Å²) in [4.78, 5) is 15.4. The predicted molar refractivity (Wildman–Crippen MR) is 59.2 cm³/mol. The van der Waals surface area contributed by atoms with Crippen molar-refractivity contribution in [3.8, 4) is 5.75 Å². The summed E-state index contributed by atoms with van der Waals surface area (Å²) in [7, 11) is 3.07. The fourth-order valence-electron chi connectivity index (χ4n) is 1.26. The number of ether oxygens (including phenoxy) is 2. The molecule has 0 saturated carbocycles. The van der Waals surface area contributed by atoms with Crippen LogP contribution in [0.15, 0.2) is 18.3 Å². The van der Waals surface area contributed by atoms with Gasteiger partial charge in [-0.05, 0) is 19.1 Å². The Morgan fingerprint density at radius 1 is 1.50 bits per heavy atom. The molecule has 0 bridgehead atoms. The van der Waals surface area contributed by atoms with Crippen LogP contribution in [0.1, 0.15) is 18.7 Å². The van der Waals surface area contributed by atoms with Gasteiger partial charge in [-0.15, -0.1) is 0 Å². The van der Waals surface area contributed by atoms with Gasteiger partial charge in [0.05, 0.1) is 25.0 Å². The quantitative estimate of drug-likeness (QED) is 0.807. The Bertz CT molecular complexity index is 338. The molecule has 16 heavy (non-hydrogen) atoms. The van der Waals surface area contributed by atoms with E-state index in [4.69, 9.17) is 9.47 Å². The van der Waals surface area contributed by atoms with Crippen LogP contribution in [0, 0.1) is 0 Å². The van der Waals surface area contributed by atoms with E-state index < -0.39 is 0 Å². The van der Waals surface area contributed by atoms with Gasteiger partial charge in [0.25, 0.3) is 0 Å². The van der Waals surface area contributed by atoms with Crippen LogP contribution >= 0.6 is 0 Å². The molecule has 0 fully saturated rings. The van der Waals surface area contributed by atoms with Crippen LogP contribution in [-0.4, -0.2) is 31.7 Å². The topological polar surface area (TPSA) is 60.5 Å². The Balaban J connectivity index is 2.58. The first-order valence-corrected chi connectivity index (χ1v) is 4.95. The van der Waals surface area contributed by atoms with Gasteiger partial charge in [-0.25, -0.2) is 0 Å². The number of pyridine rings is 1. The number of amides is 1. The molecule has 1 aromatic rings. The first-order chi connectivity index (χ1) is 7.67. The maximum atomic E-state index is 11.3. The molecular formula is C11H16N2O3. The largest absolute Gasteiger partial charge is 0.495 e. The van der Waals surface area contributed by atoms with Gasteiger partial charge >= 0.3 is 0 Å². The van der Waals surface area contributed by atoms with E-state index in [0.29, 0.717) is 5.75 Å². The van der Waals surface area contributed by atoms with Crippen molar-refractivity contribution in [2.75, 3.05) is 20.8 Å². The molecule has 0 aliphatic rings. The molecule has 0 aromatic carbocycles. The molecule has 1 unspecified atom stereocenters. The number of hydrogen-bond donors (Lipinski definition) is 1. The number of carbonyl (C=O) groups is 1. The predicted octanol–water partition coefficient (Wildman–Crippen LogP) is 0.914. The summed E-state index contributed by atoms with van der Waals surface area (Å²) < 4.78 is 9.72. The summed E-state index contributed by atoms with van der Waals surface area (Å²) in [5.41, 5.74) is 0.783. The zero-order valence-electron chi connectivity index (χ0n) is 9.69. The smallest absolute Gasteiger partial charge is 0.246 e. The number of rotatable bonds is 5. The molecule has 5 heteroatoms. The molecule has 0 spiro atoms. The molecule has 1 heterocycles. The van der Waals surface area contributed by atoms with Gasteiger partial charge in [0.2, 0.25) is 5.91 Å². The SMILES string of the molecule is COCC(=O)NC(C)c1ccc(OC)cn1. The van der Waals surface area contributed by atoms with Crippen LogP contribution in [0.3, 0.4) is 0 Å². The zero-order chi connectivity index (χ0) is 12.0. The van der Waals surface area contributed by atoms with E-state index in [2.05, 4.69) is 10.3 Å². The first kappa shape index (κ1) is 12.4. The molecular weight excluding hydrogens is 208 g/mol. The van der Waals surface area contributed by atoms with Crippen molar-refractivity contribution in [3.05, 3.63) is 24.0 Å². The van der Waals surface area contributed by atoms with E-state index in [1.54, 1.807) is 19.4 Å². The summed E-state index contributed by atoms with van der Waals surface area (Å²) in [6, 6.07) is 3.48. The Morgan fingerprint density at radius 2 is 2.25 bits per heavy atom. The average Bonchev–Trinajstić information content (AvgIpc) is 2.29. The van der Waals surface area contributed by atoms with Gasteiger partial charge in [0, 0.05) is 7.11 Å². The van der Waals surface area contributed by atoms with E-state index in [0.717, 1.165) is 5.69 Å². The van der Waals surface area contributed by atoms with E-state index in [1.165, 1.54) is 7.11 Å². The first-order valence-electron chi connectivity index (χ1n) is 4.95. The van der Waals surface area contributed by atoms with Crippen molar-refractivity contribution in [1.29, 1.82) is 0 Å². The molecule has 88 valence electrons. The highest BCUT2D eigenvalue weighted by atomic mass is 16.5. The average molecular weight is 224 g/mol. The molecule has 1 atom stereocenters. The second kappa shape index (κ2) is 6.07. The number of hydrogen-bond acceptors (Lipinski definition) is 4. The summed E-state index contributed by atoms with van der Waals surface area (Å²) in [6.07, 6.45) is 1.62. The fourth-order valence-corrected chi connectivity index (χ4v) is 1.26. The lowest BCUT2D eigenvalue weighted by Crippen LogP contribution is -2.30. The monoisotopic (exact) mass is 224 g/mol. The summed E-state index contributed by atoms with van der Waals surface area (Å²) >= 11 is 0. The Kier molecular flexibility index (Phi) is 4.72. The molecule has 1 amide bonds. The third kappa shape index (κ3) is 3.51. The highest BCUT2D eigenvalue weighted by Gasteiger charge is 2.10. The maximum absolute atomic E-state index is 11.3. The van der Waals surface area contributed by atoms with Gasteiger partial charge in [-0.2, -0.15) is 0 Å². The number of nitrogens with one attached hydrogen (secondary N) is 1. The summed E-state index contributed by atoms with van der Waals surface area (Å²) in [5, 5.41) is 2.77. The third-order valence-electron chi connectivity index (χ3n) is 2.09. The summed E-state index contributed by atoms with van der Waals surface area (Å²) in [5.74, 6) is 0.534. The van der Waals surface area contributed by atoms with Gasteiger partial charge < -0.3 is 14.8 Å². The molecule has 5 nitrogen and oxygen atoms in total. The lowest BCUT2D eigenvalue weighted by Gasteiger charge is -2.13. The molecule has 0 saturated heterocycles. The molecule has 1 rings (SSSR count). The van der Waals surface area contributed by atoms with Crippen molar-refractivity contribution >= 4 is 5.91 Å². The van der Waals surface area contributed by atoms with Crippen molar-refractivity contribution in [1.82, 2.24) is 10.3 Å². The highest BCUT2D eigenvalue weighted by molar-refractivity contribution is 5.77. The van der Waals surface area contributed by atoms with E-state index >= 15 is 0 Å². The lowest BCUT2D eigenvalue weighted by atomic mass is 10.2. The van der Waals surface area contributed by atoms with E-state index in [1.807, 2.05) is 13.0 Å². The minimum atomic E-state index is -0.160. The van der Waals surface area contributed by atoms with Crippen LogP contribution in [-0.2, 0) is 9.53 Å². The van der Waals surface area contributed by atoms with Crippen LogP contribution in [0.5, 0.6) is 5.75 Å². The fraction of sp³-hybridized carbons (Fsp3) is 0.455. The second-order valence-electron chi connectivity index (χ2n) is 3.35. The van der Waals surface area contributed by atoms with E-state index in [-0.39, 0.29) is 18.6 Å². The van der Waals surface area contributed by atoms with Crippen molar-refractivity contribution in [2.45, 2.75) is 13.0 Å². The normalized spacial score (nSPS) is 11.9. The van der Waals surface area contributed by atoms with Crippen LogP contribution in [0.25, 0.3) is 0 Å². The number of methoxy groups -OCH3 is 2. The Labute approximate surface area is 94.8 Å². The Morgan fingerprint density at radius 3 is 2.75 bits per heavy atom. The van der Waals surface area contributed by atoms with E-state index in [9.17, 15) is 4.79 Å². The molecule has 1 N–H and O–H groups in total. The standard InChI is InChI=1S/C11H16N2O3/c1-8(13-11(14)7-15-2)10-5-4-9(16-3)6-12-10/h4-6,8H,7H2,1-3H3,(H,13,14). The minimum Gasteiger partial charge on any atom is -0.495 e. The van der Waals surface area contributed by atoms with Crippen molar-refractivity contribution in [2.24, 2.45) is 0 Å². The molecule has 0 radical (unpaired) electrons. The third-order valence-corrected chi connectivity index (χ3v) is 2.09. The lowest BCUT2D eigenvalue weighted by molar-refractivity contribution is -0.125. The van der Waals surface area contributed by atoms with Gasteiger partial charge in [-0.3, -0.25) is 9.78 Å².